The number of aromatic nitrogens is 2. The third-order valence-corrected chi connectivity index (χ3v) is 5.29. The first-order valence-electron chi connectivity index (χ1n) is 11.2. The Morgan fingerprint density at radius 3 is 2.58 bits per heavy atom. The molecule has 0 aliphatic carbocycles. The molecule has 1 amide bonds. The number of hydrogen-bond acceptors (Lipinski definition) is 8. The van der Waals surface area contributed by atoms with Gasteiger partial charge in [-0.25, -0.2) is 9.78 Å². The summed E-state index contributed by atoms with van der Waals surface area (Å²) in [7, 11) is 1.45. The molecule has 1 N–H and O–H groups in total. The Kier molecular flexibility index (Phi) is 7.33. The van der Waals surface area contributed by atoms with E-state index in [9.17, 15) is 14.4 Å². The number of fused-ring (bicyclic) bond motifs is 1. The van der Waals surface area contributed by atoms with Crippen molar-refractivity contribution in [2.45, 2.75) is 26.9 Å². The highest BCUT2D eigenvalue weighted by Gasteiger charge is 2.15. The lowest BCUT2D eigenvalue weighted by Crippen LogP contribution is -2.21. The smallest absolute Gasteiger partial charge is 0.338 e. The maximum Gasteiger partial charge on any atom is 0.338 e. The van der Waals surface area contributed by atoms with Crippen LogP contribution in [0.5, 0.6) is 11.5 Å². The molecule has 4 aromatic rings. The molecule has 0 spiro atoms. The zero-order valence-electron chi connectivity index (χ0n) is 20.1. The molecule has 10 heteroatoms. The number of hydrogen-bond donors (Lipinski definition) is 1. The second kappa shape index (κ2) is 10.8. The van der Waals surface area contributed by atoms with Crippen molar-refractivity contribution in [1.82, 2.24) is 9.56 Å². The average Bonchev–Trinajstić information content (AvgIpc) is 3.27. The van der Waals surface area contributed by atoms with Gasteiger partial charge in [-0.15, -0.1) is 4.57 Å². The first-order valence-corrected chi connectivity index (χ1v) is 11.2. The van der Waals surface area contributed by atoms with Gasteiger partial charge in [0, 0.05) is 12.1 Å². The van der Waals surface area contributed by atoms with E-state index < -0.39 is 17.4 Å². The maximum atomic E-state index is 12.6. The number of nitrogens with zero attached hydrogens (tertiary/aromatic N) is 2. The highest BCUT2D eigenvalue weighted by atomic mass is 16.5. The molecular formula is C26H25N3O7. The van der Waals surface area contributed by atoms with Crippen molar-refractivity contribution >= 4 is 23.2 Å². The first-order chi connectivity index (χ1) is 17.4. The summed E-state index contributed by atoms with van der Waals surface area (Å²) in [5.74, 6) is 0.380. The number of carbonyl (C=O) groups excluding carboxylic acids is 2. The third kappa shape index (κ3) is 5.72. The van der Waals surface area contributed by atoms with Crippen LogP contribution >= 0.6 is 0 Å². The van der Waals surface area contributed by atoms with E-state index in [1.807, 2.05) is 12.1 Å². The monoisotopic (exact) mass is 491 g/mol. The molecule has 0 unspecified atom stereocenters. The third-order valence-electron chi connectivity index (χ3n) is 5.29. The van der Waals surface area contributed by atoms with Crippen LogP contribution in [0, 0.1) is 6.92 Å². The van der Waals surface area contributed by atoms with Crippen LogP contribution in [0.1, 0.15) is 34.3 Å². The normalized spacial score (nSPS) is 10.8. The van der Waals surface area contributed by atoms with E-state index in [0.717, 1.165) is 11.0 Å². The predicted molar refractivity (Wildman–Crippen MR) is 131 cm³/mol. The van der Waals surface area contributed by atoms with Crippen molar-refractivity contribution < 1.29 is 28.3 Å². The number of nitrogens with one attached hydrogen (secondary N) is 1. The minimum atomic E-state index is -0.661. The Bertz CT molecular complexity index is 1450. The quantitative estimate of drug-likeness (QED) is 0.353. The standard InChI is InChI=1S/C26H25N3O7/c1-4-17-5-8-20(9-6-17)34-15-24(30)28-21-12-18(7-10-22(21)33-3)26(32)35-14-19-13-25(31)29-23(27-19)11-16(2)36-29/h5-13H,4,14-15H2,1-3H3,(H,28,30). The van der Waals surface area contributed by atoms with E-state index in [1.165, 1.54) is 30.9 Å². The van der Waals surface area contributed by atoms with Crippen LogP contribution in [0.25, 0.3) is 5.65 Å². The summed E-state index contributed by atoms with van der Waals surface area (Å²) in [6.07, 6.45) is 0.911. The summed E-state index contributed by atoms with van der Waals surface area (Å²) in [6.45, 7) is 3.32. The first kappa shape index (κ1) is 24.5. The van der Waals surface area contributed by atoms with E-state index in [1.54, 1.807) is 31.2 Å². The number of esters is 1. The second-order valence-corrected chi connectivity index (χ2v) is 7.91. The summed E-state index contributed by atoms with van der Waals surface area (Å²) in [5, 5.41) is 2.69. The van der Waals surface area contributed by atoms with Gasteiger partial charge in [0.05, 0.1) is 24.1 Å². The molecule has 0 atom stereocenters. The number of ether oxygens (including phenoxy) is 3. The molecule has 10 nitrogen and oxygen atoms in total. The molecular weight excluding hydrogens is 466 g/mol. The lowest BCUT2D eigenvalue weighted by atomic mass is 10.2. The van der Waals surface area contributed by atoms with Gasteiger partial charge in [-0.3, -0.25) is 9.59 Å². The topological polar surface area (TPSA) is 121 Å². The average molecular weight is 492 g/mol. The molecule has 0 fully saturated rings. The highest BCUT2D eigenvalue weighted by Crippen LogP contribution is 2.26. The van der Waals surface area contributed by atoms with E-state index in [4.69, 9.17) is 18.7 Å². The summed E-state index contributed by atoms with van der Waals surface area (Å²) in [5.41, 5.74) is 1.81. The molecule has 36 heavy (non-hydrogen) atoms. The Morgan fingerprint density at radius 1 is 1.08 bits per heavy atom. The SMILES string of the molecule is CCc1ccc(OCC(=O)Nc2cc(C(=O)OCc3cc(=O)n4oc(C)cc4n3)ccc2OC)cc1. The van der Waals surface area contributed by atoms with Crippen LogP contribution in [0.4, 0.5) is 5.69 Å². The molecule has 0 saturated heterocycles. The van der Waals surface area contributed by atoms with Gasteiger partial charge in [0.1, 0.15) is 23.9 Å². The van der Waals surface area contributed by atoms with Gasteiger partial charge in [-0.05, 0) is 49.2 Å². The summed E-state index contributed by atoms with van der Waals surface area (Å²) < 4.78 is 22.5. The van der Waals surface area contributed by atoms with Gasteiger partial charge in [0.2, 0.25) is 0 Å². The Labute approximate surface area is 206 Å². The van der Waals surface area contributed by atoms with E-state index >= 15 is 0 Å². The minimum absolute atomic E-state index is 0.180. The predicted octanol–water partition coefficient (Wildman–Crippen LogP) is 3.54. The number of rotatable bonds is 9. The lowest BCUT2D eigenvalue weighted by molar-refractivity contribution is -0.118. The van der Waals surface area contributed by atoms with Crippen LogP contribution < -0.4 is 20.3 Å². The van der Waals surface area contributed by atoms with Crippen LogP contribution in [0.3, 0.4) is 0 Å². The molecule has 186 valence electrons. The van der Waals surface area contributed by atoms with Gasteiger partial charge in [-0.2, -0.15) is 0 Å². The van der Waals surface area contributed by atoms with Gasteiger partial charge in [-0.1, -0.05) is 19.1 Å². The molecule has 4 rings (SSSR count). The summed E-state index contributed by atoms with van der Waals surface area (Å²) in [4.78, 5) is 41.5. The lowest BCUT2D eigenvalue weighted by Gasteiger charge is -2.13. The largest absolute Gasteiger partial charge is 0.495 e. The van der Waals surface area contributed by atoms with E-state index in [0.29, 0.717) is 22.9 Å². The van der Waals surface area contributed by atoms with Crippen molar-refractivity contribution in [2.75, 3.05) is 19.0 Å². The van der Waals surface area contributed by atoms with Crippen LogP contribution in [0.2, 0.25) is 0 Å². The number of amides is 1. The maximum absolute atomic E-state index is 12.6. The fraction of sp³-hybridized carbons (Fsp3) is 0.231. The van der Waals surface area contributed by atoms with Gasteiger partial charge in [0.25, 0.3) is 11.5 Å². The summed E-state index contributed by atoms with van der Waals surface area (Å²) in [6, 6.07) is 14.8. The summed E-state index contributed by atoms with van der Waals surface area (Å²) >= 11 is 0. The molecule has 0 aliphatic rings. The van der Waals surface area contributed by atoms with Crippen molar-refractivity contribution in [3.8, 4) is 11.5 Å². The Hall–Kier alpha value is -4.60. The fourth-order valence-corrected chi connectivity index (χ4v) is 3.46. The van der Waals surface area contributed by atoms with Crippen molar-refractivity contribution in [3.63, 3.8) is 0 Å². The zero-order valence-corrected chi connectivity index (χ0v) is 20.1. The van der Waals surface area contributed by atoms with E-state index in [-0.39, 0.29) is 30.2 Å². The number of methoxy groups -OCH3 is 1. The van der Waals surface area contributed by atoms with Crippen molar-refractivity contribution in [3.05, 3.63) is 87.5 Å². The number of carbonyl (C=O) groups is 2. The number of anilines is 1. The molecule has 0 bridgehead atoms. The molecule has 0 saturated carbocycles. The second-order valence-electron chi connectivity index (χ2n) is 7.91. The van der Waals surface area contributed by atoms with E-state index in [2.05, 4.69) is 17.2 Å². The van der Waals surface area contributed by atoms with Gasteiger partial charge in [0.15, 0.2) is 12.3 Å². The van der Waals surface area contributed by atoms with Crippen LogP contribution in [-0.4, -0.2) is 35.2 Å². The van der Waals surface area contributed by atoms with Gasteiger partial charge < -0.3 is 24.1 Å². The minimum Gasteiger partial charge on any atom is -0.495 e. The molecule has 2 heterocycles. The molecule has 2 aromatic carbocycles. The Balaban J connectivity index is 1.40. The molecule has 0 radical (unpaired) electrons. The molecule has 0 aliphatic heterocycles. The number of benzene rings is 2. The van der Waals surface area contributed by atoms with Crippen molar-refractivity contribution in [1.29, 1.82) is 0 Å². The molecule has 2 aromatic heterocycles. The van der Waals surface area contributed by atoms with Crippen LogP contribution in [-0.2, 0) is 22.6 Å². The Morgan fingerprint density at radius 2 is 1.86 bits per heavy atom. The van der Waals surface area contributed by atoms with Crippen molar-refractivity contribution in [2.24, 2.45) is 0 Å². The zero-order chi connectivity index (χ0) is 25.7. The highest BCUT2D eigenvalue weighted by molar-refractivity contribution is 5.96. The fourth-order valence-electron chi connectivity index (χ4n) is 3.46. The number of aryl methyl sites for hydroxylation is 2. The van der Waals surface area contributed by atoms with Gasteiger partial charge >= 0.3 is 5.97 Å². The van der Waals surface area contributed by atoms with Crippen LogP contribution in [0.15, 0.2) is 63.9 Å².